The summed E-state index contributed by atoms with van der Waals surface area (Å²) in [6, 6.07) is 9.93. The van der Waals surface area contributed by atoms with Crippen LogP contribution in [0, 0.1) is 0 Å². The number of thiophene rings is 1. The average molecular weight is 449 g/mol. The number of carbonyl (C=O) groups is 1. The van der Waals surface area contributed by atoms with Gasteiger partial charge in [-0.05, 0) is 17.7 Å². The summed E-state index contributed by atoms with van der Waals surface area (Å²) in [6.45, 7) is -0.356. The molecule has 0 saturated heterocycles. The van der Waals surface area contributed by atoms with Crippen LogP contribution < -0.4 is 9.64 Å². The van der Waals surface area contributed by atoms with E-state index in [1.165, 1.54) is 17.0 Å². The van der Waals surface area contributed by atoms with Crippen molar-refractivity contribution in [3.63, 3.8) is 0 Å². The average Bonchev–Trinajstić information content (AvgIpc) is 3.34. The number of carbonyl (C=O) groups excluding carboxylic acids is 1. The van der Waals surface area contributed by atoms with Gasteiger partial charge in [0.1, 0.15) is 28.4 Å². The van der Waals surface area contributed by atoms with Gasteiger partial charge in [-0.2, -0.15) is 13.2 Å². The van der Waals surface area contributed by atoms with E-state index in [0.29, 0.717) is 34.2 Å². The molecule has 1 amide bonds. The first-order valence-electron chi connectivity index (χ1n) is 9.12. The number of halogens is 3. The maximum Gasteiger partial charge on any atom is 0.425 e. The van der Waals surface area contributed by atoms with Crippen LogP contribution in [0.2, 0.25) is 0 Å². The van der Waals surface area contributed by atoms with Gasteiger partial charge in [0.05, 0.1) is 11.4 Å². The number of ether oxygens (including phenoxy) is 1. The molecule has 6 nitrogen and oxygen atoms in total. The van der Waals surface area contributed by atoms with Crippen molar-refractivity contribution >= 4 is 22.9 Å². The zero-order valence-corrected chi connectivity index (χ0v) is 16.4. The number of fused-ring (bicyclic) bond motifs is 4. The lowest BCUT2D eigenvalue weighted by molar-refractivity contribution is -0.134. The Morgan fingerprint density at radius 1 is 1.03 bits per heavy atom. The maximum atomic E-state index is 13.7. The van der Waals surface area contributed by atoms with Crippen molar-refractivity contribution in [2.24, 2.45) is 0 Å². The van der Waals surface area contributed by atoms with E-state index in [4.69, 9.17) is 4.74 Å². The summed E-state index contributed by atoms with van der Waals surface area (Å²) < 4.78 is 44.8. The van der Waals surface area contributed by atoms with E-state index in [2.05, 4.69) is 0 Å². The molecule has 10 heteroatoms. The number of phenolic OH excluding ortho intramolecular Hbond substituents is 2. The van der Waals surface area contributed by atoms with Crippen molar-refractivity contribution in [2.75, 3.05) is 11.5 Å². The van der Waals surface area contributed by atoms with Gasteiger partial charge < -0.3 is 25.0 Å². The SMILES string of the molecule is O=C1N(Cc2sc(C(F)(F)F)cc2O)c2ccccc2C12COc1cc(O)c(O)cc12. The summed E-state index contributed by atoms with van der Waals surface area (Å²) in [5, 5.41) is 29.8. The Kier molecular flexibility index (Phi) is 3.97. The molecular formula is C21H14F3NO5S. The Hall–Kier alpha value is -3.40. The summed E-state index contributed by atoms with van der Waals surface area (Å²) in [5.41, 5.74) is 0.0690. The number of hydrogen-bond acceptors (Lipinski definition) is 6. The van der Waals surface area contributed by atoms with E-state index in [-0.39, 0.29) is 23.8 Å². The number of aromatic hydroxyl groups is 3. The highest BCUT2D eigenvalue weighted by atomic mass is 32.1. The van der Waals surface area contributed by atoms with Gasteiger partial charge in [0.2, 0.25) is 5.91 Å². The molecule has 160 valence electrons. The fraction of sp³-hybridized carbons (Fsp3) is 0.190. The van der Waals surface area contributed by atoms with Gasteiger partial charge in [0, 0.05) is 23.4 Å². The number of phenols is 2. The Morgan fingerprint density at radius 3 is 2.45 bits per heavy atom. The quantitative estimate of drug-likeness (QED) is 0.513. The number of amides is 1. The molecule has 31 heavy (non-hydrogen) atoms. The van der Waals surface area contributed by atoms with E-state index < -0.39 is 39.6 Å². The molecule has 5 rings (SSSR count). The second kappa shape index (κ2) is 6.30. The molecule has 1 atom stereocenters. The molecule has 0 aliphatic carbocycles. The van der Waals surface area contributed by atoms with E-state index in [1.54, 1.807) is 24.3 Å². The standard InChI is InChI=1S/C21H14F3NO5S/c22-21(23,24)18-7-15(28)17(31-18)8-25-12-4-2-1-3-10(12)20(19(25)29)9-30-16-6-14(27)13(26)5-11(16)20/h1-7,26-28H,8-9H2. The van der Waals surface area contributed by atoms with Crippen LogP contribution in [-0.4, -0.2) is 27.8 Å². The first-order valence-corrected chi connectivity index (χ1v) is 9.94. The zero-order valence-electron chi connectivity index (χ0n) is 15.6. The van der Waals surface area contributed by atoms with Gasteiger partial charge in [-0.15, -0.1) is 11.3 Å². The molecule has 1 spiro atoms. The molecule has 0 radical (unpaired) electrons. The summed E-state index contributed by atoms with van der Waals surface area (Å²) >= 11 is 0.378. The highest BCUT2D eigenvalue weighted by Gasteiger charge is 2.57. The van der Waals surface area contributed by atoms with Gasteiger partial charge in [-0.25, -0.2) is 0 Å². The third-order valence-corrected chi connectivity index (χ3v) is 6.77. The van der Waals surface area contributed by atoms with Crippen LogP contribution in [0.25, 0.3) is 0 Å². The van der Waals surface area contributed by atoms with Crippen LogP contribution in [0.3, 0.4) is 0 Å². The first-order chi connectivity index (χ1) is 14.6. The minimum absolute atomic E-state index is 0.000204. The fourth-order valence-electron chi connectivity index (χ4n) is 4.17. The van der Waals surface area contributed by atoms with Gasteiger partial charge in [-0.3, -0.25) is 4.79 Å². The topological polar surface area (TPSA) is 90.2 Å². The monoisotopic (exact) mass is 449 g/mol. The molecule has 1 unspecified atom stereocenters. The molecule has 1 aromatic heterocycles. The Morgan fingerprint density at radius 2 is 1.74 bits per heavy atom. The summed E-state index contributed by atoms with van der Waals surface area (Å²) in [5.74, 6) is -1.57. The van der Waals surface area contributed by atoms with E-state index in [9.17, 15) is 33.3 Å². The lowest BCUT2D eigenvalue weighted by Gasteiger charge is -2.23. The lowest BCUT2D eigenvalue weighted by Crippen LogP contribution is -2.42. The number of alkyl halides is 3. The molecule has 0 fully saturated rings. The Labute approximate surface area is 177 Å². The molecule has 3 aromatic rings. The van der Waals surface area contributed by atoms with Crippen LogP contribution in [-0.2, 0) is 22.9 Å². The highest BCUT2D eigenvalue weighted by molar-refractivity contribution is 7.12. The highest BCUT2D eigenvalue weighted by Crippen LogP contribution is 2.55. The largest absolute Gasteiger partial charge is 0.507 e. The summed E-state index contributed by atoms with van der Waals surface area (Å²) in [7, 11) is 0. The van der Waals surface area contributed by atoms with E-state index >= 15 is 0 Å². The van der Waals surface area contributed by atoms with Gasteiger partial charge in [0.15, 0.2) is 11.5 Å². The van der Waals surface area contributed by atoms with Crippen molar-refractivity contribution < 1.29 is 38.0 Å². The van der Waals surface area contributed by atoms with Crippen molar-refractivity contribution in [3.8, 4) is 23.0 Å². The van der Waals surface area contributed by atoms with Crippen LogP contribution in [0.15, 0.2) is 42.5 Å². The minimum atomic E-state index is -4.60. The third kappa shape index (κ3) is 2.67. The smallest absolute Gasteiger partial charge is 0.425 e. The van der Waals surface area contributed by atoms with E-state index in [0.717, 1.165) is 0 Å². The maximum absolute atomic E-state index is 13.7. The molecule has 0 bridgehead atoms. The first kappa shape index (κ1) is 19.6. The van der Waals surface area contributed by atoms with Crippen molar-refractivity contribution in [1.29, 1.82) is 0 Å². The fourth-order valence-corrected chi connectivity index (χ4v) is 5.08. The molecule has 2 aromatic carbocycles. The van der Waals surface area contributed by atoms with E-state index in [1.807, 2.05) is 0 Å². The number of rotatable bonds is 2. The molecule has 3 N–H and O–H groups in total. The normalized spacial score (nSPS) is 19.6. The molecule has 2 aliphatic heterocycles. The predicted molar refractivity (Wildman–Crippen MR) is 105 cm³/mol. The van der Waals surface area contributed by atoms with Crippen LogP contribution in [0.1, 0.15) is 20.9 Å². The minimum Gasteiger partial charge on any atom is -0.507 e. The zero-order chi connectivity index (χ0) is 22.1. The summed E-state index contributed by atoms with van der Waals surface area (Å²) in [4.78, 5) is 14.0. The third-order valence-electron chi connectivity index (χ3n) is 5.61. The second-order valence-electron chi connectivity index (χ2n) is 7.36. The number of nitrogens with zero attached hydrogens (tertiary/aromatic N) is 1. The van der Waals surface area contributed by atoms with Gasteiger partial charge >= 0.3 is 6.18 Å². The van der Waals surface area contributed by atoms with Crippen LogP contribution in [0.4, 0.5) is 18.9 Å². The van der Waals surface area contributed by atoms with Crippen LogP contribution in [0.5, 0.6) is 23.0 Å². The second-order valence-corrected chi connectivity index (χ2v) is 8.49. The van der Waals surface area contributed by atoms with Crippen molar-refractivity contribution in [1.82, 2.24) is 0 Å². The molecule has 3 heterocycles. The Balaban J connectivity index is 1.62. The molecule has 2 aliphatic rings. The number of anilines is 1. The summed E-state index contributed by atoms with van der Waals surface area (Å²) in [6.07, 6.45) is -4.60. The Bertz CT molecular complexity index is 1240. The van der Waals surface area contributed by atoms with Crippen LogP contribution >= 0.6 is 11.3 Å². The van der Waals surface area contributed by atoms with Crippen molar-refractivity contribution in [3.05, 3.63) is 63.3 Å². The number of para-hydroxylation sites is 1. The lowest BCUT2D eigenvalue weighted by atomic mass is 9.77. The molecular weight excluding hydrogens is 435 g/mol. The van der Waals surface area contributed by atoms with Crippen molar-refractivity contribution in [2.45, 2.75) is 18.1 Å². The molecule has 0 saturated carbocycles. The number of hydrogen-bond donors (Lipinski definition) is 3. The van der Waals surface area contributed by atoms with Gasteiger partial charge in [-0.1, -0.05) is 18.2 Å². The van der Waals surface area contributed by atoms with Gasteiger partial charge in [0.25, 0.3) is 0 Å². The number of benzene rings is 2. The predicted octanol–water partition coefficient (Wildman–Crippen LogP) is 4.11.